The van der Waals surface area contributed by atoms with Crippen molar-refractivity contribution in [3.05, 3.63) is 39.2 Å². The van der Waals surface area contributed by atoms with Gasteiger partial charge in [0.05, 0.1) is 9.95 Å². The van der Waals surface area contributed by atoms with Crippen LogP contribution in [0.25, 0.3) is 11.5 Å². The van der Waals surface area contributed by atoms with Crippen LogP contribution in [-0.4, -0.2) is 21.7 Å². The standard InChI is InChI=1S/C10H9ClN4O3/c11-6-2-1-3-7(15(16)17)9(6)10-14-13-8(18-10)4-5-12/h1-3H,4-5,12H2. The highest BCUT2D eigenvalue weighted by Gasteiger charge is 2.23. The lowest BCUT2D eigenvalue weighted by molar-refractivity contribution is -0.384. The van der Waals surface area contributed by atoms with Crippen molar-refractivity contribution in [3.8, 4) is 11.5 Å². The lowest BCUT2D eigenvalue weighted by Crippen LogP contribution is -2.02. The lowest BCUT2D eigenvalue weighted by Gasteiger charge is -2.00. The molecule has 2 N–H and O–H groups in total. The number of rotatable bonds is 4. The molecule has 0 amide bonds. The number of nitrogens with zero attached hydrogens (tertiary/aromatic N) is 3. The maximum absolute atomic E-state index is 10.9. The van der Waals surface area contributed by atoms with Crippen molar-refractivity contribution < 1.29 is 9.34 Å². The third-order valence-electron chi connectivity index (χ3n) is 2.23. The van der Waals surface area contributed by atoms with Crippen LogP contribution in [0, 0.1) is 10.1 Å². The van der Waals surface area contributed by atoms with E-state index in [9.17, 15) is 10.1 Å². The highest BCUT2D eigenvalue weighted by Crippen LogP contribution is 2.35. The van der Waals surface area contributed by atoms with Gasteiger partial charge in [0.2, 0.25) is 5.89 Å². The molecule has 94 valence electrons. The Bertz CT molecular complexity index is 584. The van der Waals surface area contributed by atoms with Gasteiger partial charge in [0.1, 0.15) is 5.56 Å². The van der Waals surface area contributed by atoms with Crippen LogP contribution in [0.5, 0.6) is 0 Å². The van der Waals surface area contributed by atoms with Crippen LogP contribution in [0.15, 0.2) is 22.6 Å². The summed E-state index contributed by atoms with van der Waals surface area (Å²) in [5.41, 5.74) is 5.30. The normalized spacial score (nSPS) is 10.6. The maximum atomic E-state index is 10.9. The third kappa shape index (κ3) is 2.31. The Hall–Kier alpha value is -1.99. The van der Waals surface area contributed by atoms with Gasteiger partial charge in [-0.05, 0) is 6.07 Å². The van der Waals surface area contributed by atoms with Gasteiger partial charge in [0.25, 0.3) is 11.6 Å². The second-order valence-electron chi connectivity index (χ2n) is 3.43. The molecule has 1 aromatic heterocycles. The minimum atomic E-state index is -0.548. The molecule has 0 atom stereocenters. The average Bonchev–Trinajstić information content (AvgIpc) is 2.77. The number of nitro groups is 1. The van der Waals surface area contributed by atoms with Crippen molar-refractivity contribution in [1.29, 1.82) is 0 Å². The van der Waals surface area contributed by atoms with Gasteiger partial charge in [-0.15, -0.1) is 10.2 Å². The molecule has 7 nitrogen and oxygen atoms in total. The van der Waals surface area contributed by atoms with Crippen LogP contribution in [0.1, 0.15) is 5.89 Å². The first-order valence-electron chi connectivity index (χ1n) is 5.09. The molecule has 1 aromatic carbocycles. The van der Waals surface area contributed by atoms with E-state index in [1.54, 1.807) is 0 Å². The van der Waals surface area contributed by atoms with E-state index in [2.05, 4.69) is 10.2 Å². The molecule has 1 heterocycles. The van der Waals surface area contributed by atoms with Crippen molar-refractivity contribution in [2.75, 3.05) is 6.54 Å². The predicted octanol–water partition coefficient (Wildman–Crippen LogP) is 1.80. The Morgan fingerprint density at radius 1 is 1.44 bits per heavy atom. The average molecular weight is 269 g/mol. The van der Waals surface area contributed by atoms with E-state index in [-0.39, 0.29) is 22.2 Å². The van der Waals surface area contributed by atoms with Crippen LogP contribution < -0.4 is 5.73 Å². The molecule has 8 heteroatoms. The predicted molar refractivity (Wildman–Crippen MR) is 64.2 cm³/mol. The number of benzene rings is 1. The summed E-state index contributed by atoms with van der Waals surface area (Å²) in [5.74, 6) is 0.345. The van der Waals surface area contributed by atoms with E-state index in [0.29, 0.717) is 18.9 Å². The Kier molecular flexibility index (Phi) is 3.54. The van der Waals surface area contributed by atoms with E-state index in [1.165, 1.54) is 18.2 Å². The van der Waals surface area contributed by atoms with Crippen molar-refractivity contribution in [2.45, 2.75) is 6.42 Å². The monoisotopic (exact) mass is 268 g/mol. The molecule has 0 aliphatic carbocycles. The summed E-state index contributed by atoms with van der Waals surface area (Å²) in [4.78, 5) is 10.4. The zero-order valence-corrected chi connectivity index (χ0v) is 9.92. The van der Waals surface area contributed by atoms with Gasteiger partial charge in [-0.1, -0.05) is 17.7 Å². The molecule has 2 aromatic rings. The van der Waals surface area contributed by atoms with Crippen molar-refractivity contribution >= 4 is 17.3 Å². The zero-order chi connectivity index (χ0) is 13.1. The Morgan fingerprint density at radius 2 is 2.22 bits per heavy atom. The molecule has 0 bridgehead atoms. The summed E-state index contributed by atoms with van der Waals surface area (Å²) in [5, 5.41) is 18.6. The summed E-state index contributed by atoms with van der Waals surface area (Å²) in [7, 11) is 0. The fourth-order valence-electron chi connectivity index (χ4n) is 1.46. The van der Waals surface area contributed by atoms with E-state index in [1.807, 2.05) is 0 Å². The molecule has 0 saturated heterocycles. The molecule has 0 spiro atoms. The third-order valence-corrected chi connectivity index (χ3v) is 2.54. The largest absolute Gasteiger partial charge is 0.420 e. The van der Waals surface area contributed by atoms with Crippen molar-refractivity contribution in [1.82, 2.24) is 10.2 Å². The van der Waals surface area contributed by atoms with Crippen LogP contribution >= 0.6 is 11.6 Å². The topological polar surface area (TPSA) is 108 Å². The first-order chi connectivity index (χ1) is 8.63. The molecular weight excluding hydrogens is 260 g/mol. The summed E-state index contributed by atoms with van der Waals surface area (Å²) in [6.45, 7) is 0.353. The molecule has 2 rings (SSSR count). The number of nitrogens with two attached hydrogens (primary N) is 1. The van der Waals surface area contributed by atoms with Crippen LogP contribution in [0.3, 0.4) is 0 Å². The first kappa shape index (κ1) is 12.5. The van der Waals surface area contributed by atoms with Crippen LogP contribution in [-0.2, 0) is 6.42 Å². The molecule has 0 unspecified atom stereocenters. The fraction of sp³-hybridized carbons (Fsp3) is 0.200. The number of aromatic nitrogens is 2. The summed E-state index contributed by atoms with van der Waals surface area (Å²) in [6.07, 6.45) is 0.408. The van der Waals surface area contributed by atoms with E-state index in [0.717, 1.165) is 0 Å². The van der Waals surface area contributed by atoms with Gasteiger partial charge in [-0.3, -0.25) is 10.1 Å². The number of hydrogen-bond acceptors (Lipinski definition) is 6. The maximum Gasteiger partial charge on any atom is 0.283 e. The summed E-state index contributed by atoms with van der Waals surface area (Å²) >= 11 is 5.94. The lowest BCUT2D eigenvalue weighted by atomic mass is 10.2. The minimum absolute atomic E-state index is 0.0238. The molecule has 0 fully saturated rings. The first-order valence-corrected chi connectivity index (χ1v) is 5.47. The smallest absolute Gasteiger partial charge is 0.283 e. The van der Waals surface area contributed by atoms with Gasteiger partial charge in [-0.2, -0.15) is 0 Å². The number of halogens is 1. The van der Waals surface area contributed by atoms with Crippen LogP contribution in [0.2, 0.25) is 5.02 Å². The Balaban J connectivity index is 2.51. The molecule has 18 heavy (non-hydrogen) atoms. The Labute approximate surface area is 107 Å². The highest BCUT2D eigenvalue weighted by molar-refractivity contribution is 6.33. The molecule has 0 radical (unpaired) electrons. The minimum Gasteiger partial charge on any atom is -0.420 e. The van der Waals surface area contributed by atoms with Gasteiger partial charge < -0.3 is 10.2 Å². The SMILES string of the molecule is NCCc1nnc(-c2c(Cl)cccc2[N+](=O)[O-])o1. The highest BCUT2D eigenvalue weighted by atomic mass is 35.5. The quantitative estimate of drug-likeness (QED) is 0.669. The zero-order valence-electron chi connectivity index (χ0n) is 9.17. The second-order valence-corrected chi connectivity index (χ2v) is 3.84. The van der Waals surface area contributed by atoms with Crippen molar-refractivity contribution in [3.63, 3.8) is 0 Å². The molecule has 0 saturated carbocycles. The van der Waals surface area contributed by atoms with Gasteiger partial charge >= 0.3 is 0 Å². The van der Waals surface area contributed by atoms with Crippen molar-refractivity contribution in [2.24, 2.45) is 5.73 Å². The van der Waals surface area contributed by atoms with Gasteiger partial charge in [-0.25, -0.2) is 0 Å². The molecule has 0 aliphatic rings. The Morgan fingerprint density at radius 3 is 2.89 bits per heavy atom. The second kappa shape index (κ2) is 5.11. The van der Waals surface area contributed by atoms with Gasteiger partial charge in [0.15, 0.2) is 0 Å². The molecular formula is C10H9ClN4O3. The van der Waals surface area contributed by atoms with E-state index < -0.39 is 4.92 Å². The number of nitro benzene ring substituents is 1. The molecule has 0 aliphatic heterocycles. The summed E-state index contributed by atoms with van der Waals surface area (Å²) in [6, 6.07) is 4.34. The van der Waals surface area contributed by atoms with Gasteiger partial charge in [0, 0.05) is 19.0 Å². The van der Waals surface area contributed by atoms with E-state index >= 15 is 0 Å². The fourth-order valence-corrected chi connectivity index (χ4v) is 1.71. The van der Waals surface area contributed by atoms with Crippen LogP contribution in [0.4, 0.5) is 5.69 Å². The summed E-state index contributed by atoms with van der Waals surface area (Å²) < 4.78 is 5.29. The van der Waals surface area contributed by atoms with E-state index in [4.69, 9.17) is 21.8 Å². The number of hydrogen-bond donors (Lipinski definition) is 1.